The predicted molar refractivity (Wildman–Crippen MR) is 61.3 cm³/mol. The van der Waals surface area contributed by atoms with E-state index in [2.05, 4.69) is 4.90 Å². The molecule has 1 aliphatic rings. The lowest BCUT2D eigenvalue weighted by Gasteiger charge is -2.21. The van der Waals surface area contributed by atoms with E-state index in [1.54, 1.807) is 6.07 Å². The molecule has 4 heteroatoms. The molecule has 3 N–H and O–H groups in total. The number of aliphatic hydroxyl groups is 1. The Bertz CT molecular complexity index is 366. The molecular formula is C12H17FN2O. The molecule has 0 aliphatic heterocycles. The molecule has 0 heterocycles. The van der Waals surface area contributed by atoms with E-state index in [4.69, 9.17) is 10.8 Å². The Morgan fingerprint density at radius 1 is 1.44 bits per heavy atom. The van der Waals surface area contributed by atoms with Gasteiger partial charge in [-0.2, -0.15) is 0 Å². The second kappa shape index (κ2) is 4.80. The molecule has 2 rings (SSSR count). The molecule has 16 heavy (non-hydrogen) atoms. The van der Waals surface area contributed by atoms with Crippen molar-refractivity contribution in [3.05, 3.63) is 29.6 Å². The van der Waals surface area contributed by atoms with Crippen molar-refractivity contribution in [2.75, 3.05) is 18.9 Å². The SMILES string of the molecule is Nc1ccc(F)cc1CN(CCO)C1CC1. The van der Waals surface area contributed by atoms with Crippen LogP contribution in [-0.2, 0) is 6.54 Å². The van der Waals surface area contributed by atoms with Gasteiger partial charge in [-0.15, -0.1) is 0 Å². The minimum Gasteiger partial charge on any atom is -0.398 e. The van der Waals surface area contributed by atoms with Gasteiger partial charge >= 0.3 is 0 Å². The molecule has 1 saturated carbocycles. The van der Waals surface area contributed by atoms with Crippen molar-refractivity contribution in [3.8, 4) is 0 Å². The number of benzene rings is 1. The maximum absolute atomic E-state index is 13.1. The molecule has 1 aliphatic carbocycles. The Balaban J connectivity index is 2.08. The first-order valence-electron chi connectivity index (χ1n) is 5.59. The van der Waals surface area contributed by atoms with Crippen molar-refractivity contribution in [2.45, 2.75) is 25.4 Å². The molecule has 0 unspecified atom stereocenters. The van der Waals surface area contributed by atoms with Gasteiger partial charge in [0.05, 0.1) is 6.61 Å². The summed E-state index contributed by atoms with van der Waals surface area (Å²) in [5, 5.41) is 8.97. The summed E-state index contributed by atoms with van der Waals surface area (Å²) in [6, 6.07) is 4.97. The first kappa shape index (κ1) is 11.4. The second-order valence-corrected chi connectivity index (χ2v) is 4.27. The van der Waals surface area contributed by atoms with Crippen molar-refractivity contribution in [2.24, 2.45) is 0 Å². The normalized spacial score (nSPS) is 15.7. The van der Waals surface area contributed by atoms with E-state index in [1.807, 2.05) is 0 Å². The van der Waals surface area contributed by atoms with Crippen LogP contribution in [0.4, 0.5) is 10.1 Å². The average Bonchev–Trinajstić information content (AvgIpc) is 3.06. The summed E-state index contributed by atoms with van der Waals surface area (Å²) >= 11 is 0. The standard InChI is InChI=1S/C12H17FN2O/c13-10-1-4-12(14)9(7-10)8-15(5-6-16)11-2-3-11/h1,4,7,11,16H,2-3,5-6,8,14H2. The quantitative estimate of drug-likeness (QED) is 0.743. The van der Waals surface area contributed by atoms with Gasteiger partial charge in [0.2, 0.25) is 0 Å². The molecule has 0 saturated heterocycles. The first-order chi connectivity index (χ1) is 7.70. The molecule has 1 fully saturated rings. The van der Waals surface area contributed by atoms with Crippen LogP contribution in [0.3, 0.4) is 0 Å². The van der Waals surface area contributed by atoms with Crippen molar-refractivity contribution in [1.82, 2.24) is 4.90 Å². The van der Waals surface area contributed by atoms with Crippen LogP contribution in [0.1, 0.15) is 18.4 Å². The van der Waals surface area contributed by atoms with Crippen LogP contribution in [0.15, 0.2) is 18.2 Å². The van der Waals surface area contributed by atoms with Crippen LogP contribution in [0, 0.1) is 5.82 Å². The lowest BCUT2D eigenvalue weighted by molar-refractivity contribution is 0.183. The number of hydrogen-bond acceptors (Lipinski definition) is 3. The van der Waals surface area contributed by atoms with Crippen LogP contribution >= 0.6 is 0 Å². The smallest absolute Gasteiger partial charge is 0.123 e. The van der Waals surface area contributed by atoms with Crippen molar-refractivity contribution >= 4 is 5.69 Å². The monoisotopic (exact) mass is 224 g/mol. The van der Waals surface area contributed by atoms with Crippen molar-refractivity contribution in [1.29, 1.82) is 0 Å². The van der Waals surface area contributed by atoms with E-state index in [0.29, 0.717) is 24.8 Å². The summed E-state index contributed by atoms with van der Waals surface area (Å²) in [6.45, 7) is 1.38. The Morgan fingerprint density at radius 3 is 2.81 bits per heavy atom. The van der Waals surface area contributed by atoms with E-state index >= 15 is 0 Å². The van der Waals surface area contributed by atoms with Gasteiger partial charge in [0.25, 0.3) is 0 Å². The van der Waals surface area contributed by atoms with Crippen LogP contribution < -0.4 is 5.73 Å². The van der Waals surface area contributed by atoms with Crippen molar-refractivity contribution in [3.63, 3.8) is 0 Å². The zero-order chi connectivity index (χ0) is 11.5. The number of nitrogens with zero attached hydrogens (tertiary/aromatic N) is 1. The van der Waals surface area contributed by atoms with Gasteiger partial charge in [-0.3, -0.25) is 4.90 Å². The summed E-state index contributed by atoms with van der Waals surface area (Å²) in [6.07, 6.45) is 2.32. The third kappa shape index (κ3) is 2.71. The number of nitrogens with two attached hydrogens (primary N) is 1. The van der Waals surface area contributed by atoms with E-state index < -0.39 is 0 Å². The second-order valence-electron chi connectivity index (χ2n) is 4.27. The first-order valence-corrected chi connectivity index (χ1v) is 5.59. The summed E-state index contributed by atoms with van der Waals surface area (Å²) < 4.78 is 13.1. The highest BCUT2D eigenvalue weighted by molar-refractivity contribution is 5.46. The summed E-state index contributed by atoms with van der Waals surface area (Å²) in [5.74, 6) is -0.260. The Morgan fingerprint density at radius 2 is 2.19 bits per heavy atom. The third-order valence-corrected chi connectivity index (χ3v) is 2.93. The summed E-state index contributed by atoms with van der Waals surface area (Å²) in [7, 11) is 0. The molecule has 0 atom stereocenters. The van der Waals surface area contributed by atoms with E-state index in [0.717, 1.165) is 18.4 Å². The number of rotatable bonds is 5. The fourth-order valence-corrected chi connectivity index (χ4v) is 1.89. The fourth-order valence-electron chi connectivity index (χ4n) is 1.89. The fraction of sp³-hybridized carbons (Fsp3) is 0.500. The molecule has 1 aromatic carbocycles. The van der Waals surface area contributed by atoms with Gasteiger partial charge in [-0.1, -0.05) is 0 Å². The number of nitrogen functional groups attached to an aromatic ring is 1. The Kier molecular flexibility index (Phi) is 3.41. The maximum Gasteiger partial charge on any atom is 0.123 e. The van der Waals surface area contributed by atoms with Gasteiger partial charge < -0.3 is 10.8 Å². The minimum absolute atomic E-state index is 0.131. The van der Waals surface area contributed by atoms with Crippen molar-refractivity contribution < 1.29 is 9.50 Å². The molecule has 1 aromatic rings. The number of hydrogen-bond donors (Lipinski definition) is 2. The van der Waals surface area contributed by atoms with Crippen LogP contribution in [0.5, 0.6) is 0 Å². The summed E-state index contributed by atoms with van der Waals surface area (Å²) in [5.41, 5.74) is 7.22. The topological polar surface area (TPSA) is 49.5 Å². The van der Waals surface area contributed by atoms with Crippen LogP contribution in [-0.4, -0.2) is 29.2 Å². The third-order valence-electron chi connectivity index (χ3n) is 2.93. The highest BCUT2D eigenvalue weighted by Gasteiger charge is 2.28. The molecule has 0 amide bonds. The molecule has 0 spiro atoms. The molecule has 3 nitrogen and oxygen atoms in total. The molecule has 0 aromatic heterocycles. The molecule has 0 radical (unpaired) electrons. The minimum atomic E-state index is -0.260. The average molecular weight is 224 g/mol. The highest BCUT2D eigenvalue weighted by Crippen LogP contribution is 2.29. The van der Waals surface area contributed by atoms with E-state index in [9.17, 15) is 4.39 Å². The Labute approximate surface area is 94.7 Å². The van der Waals surface area contributed by atoms with Gasteiger partial charge in [0.1, 0.15) is 5.82 Å². The Hall–Kier alpha value is -1.13. The maximum atomic E-state index is 13.1. The lowest BCUT2D eigenvalue weighted by Crippen LogP contribution is -2.29. The number of anilines is 1. The zero-order valence-electron chi connectivity index (χ0n) is 9.19. The van der Waals surface area contributed by atoms with Crippen LogP contribution in [0.2, 0.25) is 0 Å². The largest absolute Gasteiger partial charge is 0.398 e. The highest BCUT2D eigenvalue weighted by atomic mass is 19.1. The van der Waals surface area contributed by atoms with Gasteiger partial charge in [-0.05, 0) is 36.6 Å². The molecular weight excluding hydrogens is 207 g/mol. The van der Waals surface area contributed by atoms with Gasteiger partial charge in [0, 0.05) is 24.8 Å². The molecule has 0 bridgehead atoms. The number of halogens is 1. The predicted octanol–water partition coefficient (Wildman–Crippen LogP) is 1.36. The molecule has 88 valence electrons. The van der Waals surface area contributed by atoms with E-state index in [-0.39, 0.29) is 12.4 Å². The lowest BCUT2D eigenvalue weighted by atomic mass is 10.1. The van der Waals surface area contributed by atoms with Gasteiger partial charge in [-0.25, -0.2) is 4.39 Å². The van der Waals surface area contributed by atoms with E-state index in [1.165, 1.54) is 12.1 Å². The number of aliphatic hydroxyl groups excluding tert-OH is 1. The van der Waals surface area contributed by atoms with Crippen LogP contribution in [0.25, 0.3) is 0 Å². The zero-order valence-corrected chi connectivity index (χ0v) is 9.19. The van der Waals surface area contributed by atoms with Gasteiger partial charge in [0.15, 0.2) is 0 Å². The summed E-state index contributed by atoms with van der Waals surface area (Å²) in [4.78, 5) is 2.16.